The minimum atomic E-state index is -0.0499. The first-order valence-corrected chi connectivity index (χ1v) is 7.84. The maximum Gasteiger partial charge on any atom is 0.237 e. The number of hydrogen-bond donors (Lipinski definition) is 2. The largest absolute Gasteiger partial charge is 0.343 e. The van der Waals surface area contributed by atoms with Gasteiger partial charge in [0.1, 0.15) is 0 Å². The van der Waals surface area contributed by atoms with E-state index in [1.165, 1.54) is 4.88 Å². The van der Waals surface area contributed by atoms with Crippen LogP contribution in [-0.4, -0.2) is 18.5 Å². The van der Waals surface area contributed by atoms with E-state index in [1.54, 1.807) is 11.3 Å². The van der Waals surface area contributed by atoms with E-state index >= 15 is 0 Å². The van der Waals surface area contributed by atoms with Crippen LogP contribution in [0.3, 0.4) is 0 Å². The van der Waals surface area contributed by atoms with Crippen molar-refractivity contribution in [3.05, 3.63) is 58.3 Å². The van der Waals surface area contributed by atoms with Gasteiger partial charge >= 0.3 is 0 Å². The Hall–Kier alpha value is -1.65. The van der Waals surface area contributed by atoms with Crippen LogP contribution in [0, 0.1) is 0 Å². The molecule has 1 amide bonds. The van der Waals surface area contributed by atoms with Crippen molar-refractivity contribution in [3.8, 4) is 0 Å². The quantitative estimate of drug-likeness (QED) is 0.907. The minimum Gasteiger partial charge on any atom is -0.343 e. The molecule has 0 bridgehead atoms. The number of benzene rings is 1. The second-order valence-corrected chi connectivity index (χ2v) is 6.00. The fourth-order valence-electron chi connectivity index (χ4n) is 2.57. The maximum atomic E-state index is 12.4. The van der Waals surface area contributed by atoms with Gasteiger partial charge in [-0.1, -0.05) is 36.4 Å². The fraction of sp³-hybridized carbons (Fsp3) is 0.312. The molecule has 1 aromatic heterocycles. The van der Waals surface area contributed by atoms with E-state index < -0.39 is 0 Å². The van der Waals surface area contributed by atoms with Gasteiger partial charge in [-0.3, -0.25) is 4.79 Å². The van der Waals surface area contributed by atoms with E-state index in [0.717, 1.165) is 24.9 Å². The van der Waals surface area contributed by atoms with Gasteiger partial charge in [-0.15, -0.1) is 11.3 Å². The van der Waals surface area contributed by atoms with Crippen LogP contribution in [0.1, 0.15) is 29.3 Å². The summed E-state index contributed by atoms with van der Waals surface area (Å²) in [5.74, 6) is 0.102. The zero-order valence-corrected chi connectivity index (χ0v) is 12.0. The highest BCUT2D eigenvalue weighted by molar-refractivity contribution is 7.10. The first kappa shape index (κ1) is 13.3. The van der Waals surface area contributed by atoms with Crippen LogP contribution in [0.25, 0.3) is 0 Å². The highest BCUT2D eigenvalue weighted by Gasteiger charge is 2.25. The summed E-state index contributed by atoms with van der Waals surface area (Å²) in [6.07, 6.45) is 2.00. The third kappa shape index (κ3) is 2.92. The van der Waals surface area contributed by atoms with Gasteiger partial charge in [-0.25, -0.2) is 0 Å². The number of thiophene rings is 1. The Kier molecular flexibility index (Phi) is 4.14. The number of nitrogens with one attached hydrogen (secondary N) is 2. The fourth-order valence-corrected chi connectivity index (χ4v) is 3.37. The van der Waals surface area contributed by atoms with Crippen LogP contribution in [0.4, 0.5) is 0 Å². The van der Waals surface area contributed by atoms with E-state index in [0.29, 0.717) is 0 Å². The first-order chi connectivity index (χ1) is 9.84. The second-order valence-electron chi connectivity index (χ2n) is 5.02. The van der Waals surface area contributed by atoms with Crippen LogP contribution in [-0.2, 0) is 4.79 Å². The molecule has 3 nitrogen and oxygen atoms in total. The minimum absolute atomic E-state index is 0.0406. The number of carbonyl (C=O) groups excluding carboxylic acids is 1. The molecule has 1 aromatic carbocycles. The molecule has 20 heavy (non-hydrogen) atoms. The number of amides is 1. The summed E-state index contributed by atoms with van der Waals surface area (Å²) in [4.78, 5) is 13.5. The summed E-state index contributed by atoms with van der Waals surface area (Å²) < 4.78 is 0. The van der Waals surface area contributed by atoms with E-state index in [4.69, 9.17) is 0 Å². The highest BCUT2D eigenvalue weighted by Crippen LogP contribution is 2.26. The Morgan fingerprint density at radius 2 is 2.10 bits per heavy atom. The molecule has 0 radical (unpaired) electrons. The molecule has 3 rings (SSSR count). The zero-order valence-electron chi connectivity index (χ0n) is 11.2. The summed E-state index contributed by atoms with van der Waals surface area (Å²) in [5.41, 5.74) is 1.13. The van der Waals surface area contributed by atoms with Gasteiger partial charge in [-0.05, 0) is 36.4 Å². The summed E-state index contributed by atoms with van der Waals surface area (Å²) in [6, 6.07) is 14.1. The van der Waals surface area contributed by atoms with Crippen molar-refractivity contribution in [1.29, 1.82) is 0 Å². The Labute approximate surface area is 123 Å². The third-order valence-corrected chi connectivity index (χ3v) is 4.56. The average molecular weight is 286 g/mol. The summed E-state index contributed by atoms with van der Waals surface area (Å²) >= 11 is 1.68. The van der Waals surface area contributed by atoms with E-state index in [2.05, 4.69) is 28.8 Å². The summed E-state index contributed by atoms with van der Waals surface area (Å²) in [5, 5.41) is 8.48. The highest BCUT2D eigenvalue weighted by atomic mass is 32.1. The molecule has 4 heteroatoms. The second kappa shape index (κ2) is 6.20. The summed E-state index contributed by atoms with van der Waals surface area (Å²) in [7, 11) is 0. The predicted molar refractivity (Wildman–Crippen MR) is 81.8 cm³/mol. The van der Waals surface area contributed by atoms with E-state index in [9.17, 15) is 4.79 Å². The van der Waals surface area contributed by atoms with Crippen molar-refractivity contribution in [2.45, 2.75) is 24.9 Å². The SMILES string of the molecule is O=C(NC(c1ccccc1)c1cccs1)[C@@H]1CCCN1. The molecule has 0 aliphatic carbocycles. The van der Waals surface area contributed by atoms with Crippen molar-refractivity contribution in [2.24, 2.45) is 0 Å². The average Bonchev–Trinajstić information content (AvgIpc) is 3.18. The molecule has 1 saturated heterocycles. The monoisotopic (exact) mass is 286 g/mol. The topological polar surface area (TPSA) is 41.1 Å². The number of rotatable bonds is 4. The van der Waals surface area contributed by atoms with E-state index in [1.807, 2.05) is 29.6 Å². The molecule has 1 aliphatic heterocycles. The van der Waals surface area contributed by atoms with Crippen LogP contribution in [0.2, 0.25) is 0 Å². The Morgan fingerprint density at radius 3 is 2.75 bits per heavy atom. The third-order valence-electron chi connectivity index (χ3n) is 3.62. The standard InChI is InChI=1S/C16H18N2OS/c19-16(13-8-4-10-17-13)18-15(14-9-5-11-20-14)12-6-2-1-3-7-12/h1-3,5-7,9,11,13,15,17H,4,8,10H2,(H,18,19)/t13-,15?/m0/s1. The lowest BCUT2D eigenvalue weighted by atomic mass is 10.0. The molecule has 0 spiro atoms. The molecule has 1 unspecified atom stereocenters. The van der Waals surface area contributed by atoms with E-state index in [-0.39, 0.29) is 18.0 Å². The maximum absolute atomic E-state index is 12.4. The smallest absolute Gasteiger partial charge is 0.237 e. The van der Waals surface area contributed by atoms with Crippen LogP contribution >= 0.6 is 11.3 Å². The van der Waals surface area contributed by atoms with Crippen molar-refractivity contribution in [2.75, 3.05) is 6.54 Å². The number of hydrogen-bond acceptors (Lipinski definition) is 3. The van der Waals surface area contributed by atoms with Crippen molar-refractivity contribution in [1.82, 2.24) is 10.6 Å². The molecule has 1 fully saturated rings. The van der Waals surface area contributed by atoms with Crippen molar-refractivity contribution >= 4 is 17.2 Å². The Morgan fingerprint density at radius 1 is 1.25 bits per heavy atom. The molecule has 104 valence electrons. The molecular weight excluding hydrogens is 268 g/mol. The van der Waals surface area contributed by atoms with Gasteiger partial charge in [0.25, 0.3) is 0 Å². The lowest BCUT2D eigenvalue weighted by molar-refractivity contribution is -0.123. The van der Waals surface area contributed by atoms with Gasteiger partial charge < -0.3 is 10.6 Å². The molecule has 1 aliphatic rings. The molecule has 2 atom stereocenters. The predicted octanol–water partition coefficient (Wildman–Crippen LogP) is 2.71. The van der Waals surface area contributed by atoms with Gasteiger partial charge in [-0.2, -0.15) is 0 Å². The number of carbonyl (C=O) groups is 1. The Balaban J connectivity index is 1.81. The molecule has 2 aromatic rings. The molecular formula is C16H18N2OS. The summed E-state index contributed by atoms with van der Waals surface area (Å²) in [6.45, 7) is 0.938. The van der Waals surface area contributed by atoms with Crippen LogP contribution < -0.4 is 10.6 Å². The van der Waals surface area contributed by atoms with Crippen molar-refractivity contribution < 1.29 is 4.79 Å². The molecule has 2 N–H and O–H groups in total. The first-order valence-electron chi connectivity index (χ1n) is 6.97. The van der Waals surface area contributed by atoms with Gasteiger partial charge in [0.15, 0.2) is 0 Å². The molecule has 2 heterocycles. The van der Waals surface area contributed by atoms with Gasteiger partial charge in [0.05, 0.1) is 12.1 Å². The lowest BCUT2D eigenvalue weighted by Gasteiger charge is -2.20. The van der Waals surface area contributed by atoms with Gasteiger partial charge in [0, 0.05) is 4.88 Å². The Bertz CT molecular complexity index is 547. The van der Waals surface area contributed by atoms with Crippen LogP contribution in [0.15, 0.2) is 47.8 Å². The lowest BCUT2D eigenvalue weighted by Crippen LogP contribution is -2.42. The zero-order chi connectivity index (χ0) is 13.8. The van der Waals surface area contributed by atoms with Gasteiger partial charge in [0.2, 0.25) is 5.91 Å². The van der Waals surface area contributed by atoms with Crippen molar-refractivity contribution in [3.63, 3.8) is 0 Å². The van der Waals surface area contributed by atoms with Crippen LogP contribution in [0.5, 0.6) is 0 Å². The molecule has 0 saturated carbocycles. The normalized spacial score (nSPS) is 19.7.